The second-order valence-corrected chi connectivity index (χ2v) is 5.68. The van der Waals surface area contributed by atoms with Gasteiger partial charge in [0.05, 0.1) is 6.04 Å². The zero-order valence-corrected chi connectivity index (χ0v) is 11.6. The fourth-order valence-electron chi connectivity index (χ4n) is 2.93. The Morgan fingerprint density at radius 3 is 2.61 bits per heavy atom. The van der Waals surface area contributed by atoms with Crippen LogP contribution in [0.2, 0.25) is 0 Å². The summed E-state index contributed by atoms with van der Waals surface area (Å²) in [6.45, 7) is 8.95. The second kappa shape index (κ2) is 5.34. The molecule has 1 aliphatic heterocycles. The van der Waals surface area contributed by atoms with E-state index >= 15 is 0 Å². The zero-order valence-electron chi connectivity index (χ0n) is 11.6. The predicted molar refractivity (Wildman–Crippen MR) is 73.9 cm³/mol. The molecule has 2 rings (SSSR count). The number of pyridine rings is 1. The van der Waals surface area contributed by atoms with Crippen LogP contribution in [0.5, 0.6) is 0 Å². The van der Waals surface area contributed by atoms with Gasteiger partial charge < -0.3 is 0 Å². The lowest BCUT2D eigenvalue weighted by Gasteiger charge is -2.42. The van der Waals surface area contributed by atoms with E-state index in [4.69, 9.17) is 5.84 Å². The summed E-state index contributed by atoms with van der Waals surface area (Å²) in [4.78, 5) is 6.76. The highest BCUT2D eigenvalue weighted by molar-refractivity contribution is 5.28. The number of nitrogens with zero attached hydrogens (tertiary/aromatic N) is 2. The smallest absolute Gasteiger partial charge is 0.0656 e. The van der Waals surface area contributed by atoms with Gasteiger partial charge in [-0.15, -0.1) is 0 Å². The van der Waals surface area contributed by atoms with Crippen LogP contribution in [0.3, 0.4) is 0 Å². The SMILES string of the molecule is Cc1ccncc1C(NN)C(C)(C)N1CCCC1. The Morgan fingerprint density at radius 2 is 2.06 bits per heavy atom. The molecule has 0 radical (unpaired) electrons. The molecule has 1 aromatic heterocycles. The van der Waals surface area contributed by atoms with Gasteiger partial charge in [-0.3, -0.25) is 21.2 Å². The summed E-state index contributed by atoms with van der Waals surface area (Å²) in [5.74, 6) is 5.82. The first kappa shape index (κ1) is 13.5. The van der Waals surface area contributed by atoms with Gasteiger partial charge in [0.2, 0.25) is 0 Å². The Morgan fingerprint density at radius 1 is 1.39 bits per heavy atom. The molecule has 1 aromatic rings. The molecule has 3 N–H and O–H groups in total. The Bertz CT molecular complexity index is 397. The molecule has 4 nitrogen and oxygen atoms in total. The third-order valence-electron chi connectivity index (χ3n) is 4.18. The summed E-state index contributed by atoms with van der Waals surface area (Å²) >= 11 is 0. The van der Waals surface area contributed by atoms with Gasteiger partial charge in [0, 0.05) is 17.9 Å². The van der Waals surface area contributed by atoms with Crippen molar-refractivity contribution in [3.63, 3.8) is 0 Å². The van der Waals surface area contributed by atoms with Crippen molar-refractivity contribution in [1.82, 2.24) is 15.3 Å². The molecule has 4 heteroatoms. The molecule has 1 aliphatic rings. The molecule has 18 heavy (non-hydrogen) atoms. The van der Waals surface area contributed by atoms with Crippen LogP contribution in [-0.2, 0) is 0 Å². The molecule has 0 spiro atoms. The van der Waals surface area contributed by atoms with Crippen molar-refractivity contribution >= 4 is 0 Å². The quantitative estimate of drug-likeness (QED) is 0.630. The van der Waals surface area contributed by atoms with Crippen molar-refractivity contribution in [1.29, 1.82) is 0 Å². The van der Waals surface area contributed by atoms with Crippen LogP contribution >= 0.6 is 0 Å². The molecule has 0 bridgehead atoms. The first-order valence-corrected chi connectivity index (χ1v) is 6.69. The van der Waals surface area contributed by atoms with E-state index in [1.54, 1.807) is 0 Å². The first-order valence-electron chi connectivity index (χ1n) is 6.69. The van der Waals surface area contributed by atoms with Gasteiger partial charge in [-0.2, -0.15) is 0 Å². The summed E-state index contributed by atoms with van der Waals surface area (Å²) in [5, 5.41) is 0. The van der Waals surface area contributed by atoms with E-state index in [0.717, 1.165) is 13.1 Å². The maximum Gasteiger partial charge on any atom is 0.0656 e. The Balaban J connectivity index is 2.30. The monoisotopic (exact) mass is 248 g/mol. The number of aryl methyl sites for hydroxylation is 1. The van der Waals surface area contributed by atoms with E-state index < -0.39 is 0 Å². The third kappa shape index (κ3) is 2.41. The summed E-state index contributed by atoms with van der Waals surface area (Å²) in [7, 11) is 0. The highest BCUT2D eigenvalue weighted by Gasteiger charge is 2.37. The highest BCUT2D eigenvalue weighted by atomic mass is 15.3. The van der Waals surface area contributed by atoms with Crippen LogP contribution in [0.4, 0.5) is 0 Å². The van der Waals surface area contributed by atoms with E-state index in [1.165, 1.54) is 24.0 Å². The van der Waals surface area contributed by atoms with Crippen molar-refractivity contribution in [3.05, 3.63) is 29.6 Å². The molecule has 0 saturated carbocycles. The molecule has 1 atom stereocenters. The average molecular weight is 248 g/mol. The normalized spacial score (nSPS) is 19.1. The maximum absolute atomic E-state index is 5.82. The fourth-order valence-corrected chi connectivity index (χ4v) is 2.93. The number of hydrazine groups is 1. The van der Waals surface area contributed by atoms with Crippen molar-refractivity contribution in [2.24, 2.45) is 5.84 Å². The average Bonchev–Trinajstić information content (AvgIpc) is 2.86. The molecule has 0 aliphatic carbocycles. The van der Waals surface area contributed by atoms with Crippen LogP contribution in [0.1, 0.15) is 43.9 Å². The minimum Gasteiger partial charge on any atom is -0.296 e. The van der Waals surface area contributed by atoms with Crippen molar-refractivity contribution in [3.8, 4) is 0 Å². The van der Waals surface area contributed by atoms with Crippen molar-refractivity contribution in [2.45, 2.75) is 45.2 Å². The second-order valence-electron chi connectivity index (χ2n) is 5.68. The molecule has 0 amide bonds. The Hall–Kier alpha value is -0.970. The summed E-state index contributed by atoms with van der Waals surface area (Å²) in [6, 6.07) is 2.14. The van der Waals surface area contributed by atoms with E-state index in [2.05, 4.69) is 36.1 Å². The van der Waals surface area contributed by atoms with Gasteiger partial charge >= 0.3 is 0 Å². The number of nitrogens with two attached hydrogens (primary N) is 1. The molecular formula is C14H24N4. The molecule has 0 aromatic carbocycles. The number of nitrogens with one attached hydrogen (secondary N) is 1. The maximum atomic E-state index is 5.82. The van der Waals surface area contributed by atoms with Crippen LogP contribution in [0.25, 0.3) is 0 Å². The van der Waals surface area contributed by atoms with Gasteiger partial charge in [-0.05, 0) is 63.9 Å². The van der Waals surface area contributed by atoms with Crippen LogP contribution in [0.15, 0.2) is 18.5 Å². The van der Waals surface area contributed by atoms with Gasteiger partial charge in [-0.1, -0.05) is 0 Å². The van der Waals surface area contributed by atoms with E-state index in [0.29, 0.717) is 0 Å². The minimum atomic E-state index is -0.000949. The van der Waals surface area contributed by atoms with E-state index in [-0.39, 0.29) is 11.6 Å². The van der Waals surface area contributed by atoms with Crippen LogP contribution < -0.4 is 11.3 Å². The lowest BCUT2D eigenvalue weighted by molar-refractivity contribution is 0.106. The standard InChI is InChI=1S/C14H24N4/c1-11-6-7-16-10-12(11)13(17-15)14(2,3)18-8-4-5-9-18/h6-7,10,13,17H,4-5,8-9,15H2,1-3H3. The van der Waals surface area contributed by atoms with Crippen molar-refractivity contribution in [2.75, 3.05) is 13.1 Å². The molecule has 1 fully saturated rings. The lowest BCUT2D eigenvalue weighted by Crippen LogP contribution is -2.53. The van der Waals surface area contributed by atoms with Crippen LogP contribution in [0, 0.1) is 6.92 Å². The molecule has 1 saturated heterocycles. The molecule has 2 heterocycles. The number of rotatable bonds is 4. The largest absolute Gasteiger partial charge is 0.296 e. The summed E-state index contributed by atoms with van der Waals surface area (Å²) < 4.78 is 0. The fraction of sp³-hybridized carbons (Fsp3) is 0.643. The van der Waals surface area contributed by atoms with Gasteiger partial charge in [0.15, 0.2) is 0 Å². The molecule has 100 valence electrons. The van der Waals surface area contributed by atoms with Crippen LogP contribution in [-0.4, -0.2) is 28.5 Å². The highest BCUT2D eigenvalue weighted by Crippen LogP contribution is 2.33. The Labute approximate surface area is 110 Å². The number of likely N-dealkylation sites (tertiary alicyclic amines) is 1. The summed E-state index contributed by atoms with van der Waals surface area (Å²) in [5.41, 5.74) is 5.42. The van der Waals surface area contributed by atoms with Crippen molar-refractivity contribution < 1.29 is 0 Å². The number of hydrogen-bond acceptors (Lipinski definition) is 4. The lowest BCUT2D eigenvalue weighted by atomic mass is 9.86. The van der Waals surface area contributed by atoms with Gasteiger partial charge in [0.25, 0.3) is 0 Å². The predicted octanol–water partition coefficient (Wildman–Crippen LogP) is 1.77. The molecular weight excluding hydrogens is 224 g/mol. The summed E-state index contributed by atoms with van der Waals surface area (Å²) in [6.07, 6.45) is 6.33. The topological polar surface area (TPSA) is 54.2 Å². The van der Waals surface area contributed by atoms with Gasteiger partial charge in [0.1, 0.15) is 0 Å². The molecule has 1 unspecified atom stereocenters. The minimum absolute atomic E-state index is 0.000949. The van der Waals surface area contributed by atoms with Gasteiger partial charge in [-0.25, -0.2) is 0 Å². The Kier molecular flexibility index (Phi) is 4.00. The van der Waals surface area contributed by atoms with E-state index in [9.17, 15) is 0 Å². The zero-order chi connectivity index (χ0) is 13.2. The first-order chi connectivity index (χ1) is 8.57. The number of hydrogen-bond donors (Lipinski definition) is 2. The van der Waals surface area contributed by atoms with E-state index in [1.807, 2.05) is 18.5 Å². The number of aromatic nitrogens is 1. The third-order valence-corrected chi connectivity index (χ3v) is 4.18.